The summed E-state index contributed by atoms with van der Waals surface area (Å²) in [6, 6.07) is 18.4. The fourth-order valence-electron chi connectivity index (χ4n) is 4.01. The minimum absolute atomic E-state index is 0.176. The number of fused-ring (bicyclic) bond motifs is 3. The number of aromatic nitrogens is 5. The SMILES string of the molecule is CCN(C(=O)c1nn(-c2ccccc2)c(=O)c2c1c1ccccc1n2C)c1ncccn1. The van der Waals surface area contributed by atoms with E-state index in [1.807, 2.05) is 61.0 Å². The summed E-state index contributed by atoms with van der Waals surface area (Å²) in [5, 5.41) is 5.89. The number of para-hydroxylation sites is 2. The molecule has 1 amide bonds. The van der Waals surface area contributed by atoms with Crippen LogP contribution in [0.1, 0.15) is 17.4 Å². The van der Waals surface area contributed by atoms with E-state index in [0.29, 0.717) is 23.1 Å². The average molecular weight is 424 g/mol. The number of nitrogens with zero attached hydrogens (tertiary/aromatic N) is 6. The lowest BCUT2D eigenvalue weighted by molar-refractivity contribution is 0.0982. The molecule has 0 unspecified atom stereocenters. The van der Waals surface area contributed by atoms with Gasteiger partial charge in [-0.05, 0) is 31.2 Å². The van der Waals surface area contributed by atoms with Crippen LogP contribution < -0.4 is 10.5 Å². The highest BCUT2D eigenvalue weighted by Gasteiger charge is 2.27. The first-order valence-corrected chi connectivity index (χ1v) is 10.3. The minimum Gasteiger partial charge on any atom is -0.339 e. The highest BCUT2D eigenvalue weighted by Crippen LogP contribution is 2.29. The Morgan fingerprint density at radius 2 is 1.66 bits per heavy atom. The molecule has 2 aromatic carbocycles. The van der Waals surface area contributed by atoms with Gasteiger partial charge in [-0.3, -0.25) is 14.5 Å². The summed E-state index contributed by atoms with van der Waals surface area (Å²) in [5.74, 6) is -0.0858. The number of carbonyl (C=O) groups is 1. The Balaban J connectivity index is 1.87. The van der Waals surface area contributed by atoms with Crippen molar-refractivity contribution in [3.05, 3.63) is 89.1 Å². The molecule has 32 heavy (non-hydrogen) atoms. The van der Waals surface area contributed by atoms with Gasteiger partial charge in [0.2, 0.25) is 5.95 Å². The molecular formula is C24H20N6O2. The number of hydrogen-bond donors (Lipinski definition) is 0. The Bertz CT molecular complexity index is 1510. The fourth-order valence-corrected chi connectivity index (χ4v) is 4.01. The van der Waals surface area contributed by atoms with Crippen LogP contribution in [0.15, 0.2) is 77.9 Å². The Hall–Kier alpha value is -4.33. The van der Waals surface area contributed by atoms with E-state index in [4.69, 9.17) is 0 Å². The molecule has 8 nitrogen and oxygen atoms in total. The molecule has 0 atom stereocenters. The van der Waals surface area contributed by atoms with Gasteiger partial charge >= 0.3 is 0 Å². The van der Waals surface area contributed by atoms with Gasteiger partial charge in [-0.1, -0.05) is 36.4 Å². The first kappa shape index (κ1) is 19.6. The molecule has 0 aliphatic carbocycles. The molecule has 0 saturated heterocycles. The summed E-state index contributed by atoms with van der Waals surface area (Å²) in [7, 11) is 1.83. The Morgan fingerprint density at radius 1 is 0.969 bits per heavy atom. The second-order valence-electron chi connectivity index (χ2n) is 7.30. The maximum atomic E-state index is 13.8. The number of hydrogen-bond acceptors (Lipinski definition) is 5. The van der Waals surface area contributed by atoms with E-state index >= 15 is 0 Å². The van der Waals surface area contributed by atoms with Crippen LogP contribution in [0.5, 0.6) is 0 Å². The van der Waals surface area contributed by atoms with E-state index in [1.165, 1.54) is 9.58 Å². The van der Waals surface area contributed by atoms with Crippen LogP contribution in [0.3, 0.4) is 0 Å². The van der Waals surface area contributed by atoms with Gasteiger partial charge < -0.3 is 4.57 Å². The van der Waals surface area contributed by atoms with Crippen LogP contribution in [-0.4, -0.2) is 36.8 Å². The summed E-state index contributed by atoms with van der Waals surface area (Å²) in [6.45, 7) is 2.20. The number of rotatable bonds is 4. The maximum absolute atomic E-state index is 13.8. The number of carbonyl (C=O) groups excluding carboxylic acids is 1. The Labute approximate surface area is 183 Å². The Morgan fingerprint density at radius 3 is 2.38 bits per heavy atom. The zero-order valence-electron chi connectivity index (χ0n) is 17.6. The van der Waals surface area contributed by atoms with Crippen molar-refractivity contribution in [3.63, 3.8) is 0 Å². The predicted molar refractivity (Wildman–Crippen MR) is 123 cm³/mol. The van der Waals surface area contributed by atoms with Crippen molar-refractivity contribution < 1.29 is 4.79 Å². The quantitative estimate of drug-likeness (QED) is 0.442. The van der Waals surface area contributed by atoms with Gasteiger partial charge in [-0.25, -0.2) is 9.97 Å². The predicted octanol–water partition coefficient (Wildman–Crippen LogP) is 3.33. The summed E-state index contributed by atoms with van der Waals surface area (Å²) >= 11 is 0. The molecule has 158 valence electrons. The highest BCUT2D eigenvalue weighted by atomic mass is 16.2. The lowest BCUT2D eigenvalue weighted by atomic mass is 10.1. The number of benzene rings is 2. The van der Waals surface area contributed by atoms with Gasteiger partial charge in [0.05, 0.1) is 5.69 Å². The van der Waals surface area contributed by atoms with Gasteiger partial charge in [0.1, 0.15) is 5.52 Å². The number of anilines is 1. The maximum Gasteiger partial charge on any atom is 0.296 e. The van der Waals surface area contributed by atoms with E-state index in [2.05, 4.69) is 15.1 Å². The van der Waals surface area contributed by atoms with E-state index < -0.39 is 0 Å². The molecule has 0 spiro atoms. The van der Waals surface area contributed by atoms with Gasteiger partial charge in [0.15, 0.2) is 5.69 Å². The van der Waals surface area contributed by atoms with Crippen LogP contribution in [0, 0.1) is 0 Å². The van der Waals surface area contributed by atoms with Crippen molar-refractivity contribution in [1.82, 2.24) is 24.3 Å². The molecular weight excluding hydrogens is 404 g/mol. The van der Waals surface area contributed by atoms with E-state index in [9.17, 15) is 9.59 Å². The standard InChI is InChI=1S/C24H20N6O2/c1-3-29(24-25-14-9-15-26-24)22(31)20-19-17-12-7-8-13-18(17)28(2)21(19)23(32)30(27-20)16-10-5-4-6-11-16/h4-15H,3H2,1-2H3. The van der Waals surface area contributed by atoms with Crippen LogP contribution >= 0.6 is 0 Å². The summed E-state index contributed by atoms with van der Waals surface area (Å²) in [5.41, 5.74) is 1.73. The second kappa shape index (κ2) is 7.73. The third kappa shape index (κ3) is 2.96. The smallest absolute Gasteiger partial charge is 0.296 e. The minimum atomic E-state index is -0.371. The van der Waals surface area contributed by atoms with E-state index in [-0.39, 0.29) is 23.1 Å². The normalized spacial score (nSPS) is 11.2. The highest BCUT2D eigenvalue weighted by molar-refractivity contribution is 6.19. The lowest BCUT2D eigenvalue weighted by Crippen LogP contribution is -2.35. The van der Waals surface area contributed by atoms with Gasteiger partial charge in [-0.2, -0.15) is 9.78 Å². The van der Waals surface area contributed by atoms with Crippen LogP contribution in [0.4, 0.5) is 5.95 Å². The molecule has 0 N–H and O–H groups in total. The summed E-state index contributed by atoms with van der Waals surface area (Å²) in [4.78, 5) is 37.3. The molecule has 3 heterocycles. The molecule has 8 heteroatoms. The molecule has 5 aromatic rings. The molecule has 0 fully saturated rings. The van der Waals surface area contributed by atoms with Crippen molar-refractivity contribution in [1.29, 1.82) is 0 Å². The summed E-state index contributed by atoms with van der Waals surface area (Å²) in [6.07, 6.45) is 3.17. The number of amides is 1. The number of aryl methyl sites for hydroxylation is 1. The van der Waals surface area contributed by atoms with Gasteiger partial charge in [-0.15, -0.1) is 0 Å². The topological polar surface area (TPSA) is 85.9 Å². The lowest BCUT2D eigenvalue weighted by Gasteiger charge is -2.19. The van der Waals surface area contributed by atoms with Crippen LogP contribution in [0.2, 0.25) is 0 Å². The van der Waals surface area contributed by atoms with Crippen molar-refractivity contribution in [2.24, 2.45) is 7.05 Å². The zero-order chi connectivity index (χ0) is 22.2. The third-order valence-electron chi connectivity index (χ3n) is 5.50. The molecule has 0 aliphatic heterocycles. The first-order chi connectivity index (χ1) is 15.6. The van der Waals surface area contributed by atoms with Crippen molar-refractivity contribution in [3.8, 4) is 5.69 Å². The monoisotopic (exact) mass is 424 g/mol. The van der Waals surface area contributed by atoms with E-state index in [0.717, 1.165) is 10.9 Å². The van der Waals surface area contributed by atoms with E-state index in [1.54, 1.807) is 30.6 Å². The van der Waals surface area contributed by atoms with Crippen molar-refractivity contribution in [2.45, 2.75) is 6.92 Å². The first-order valence-electron chi connectivity index (χ1n) is 10.3. The molecule has 0 aliphatic rings. The summed E-state index contributed by atoms with van der Waals surface area (Å²) < 4.78 is 3.11. The van der Waals surface area contributed by atoms with Crippen LogP contribution in [-0.2, 0) is 7.05 Å². The Kier molecular flexibility index (Phi) is 4.74. The molecule has 0 radical (unpaired) electrons. The fraction of sp³-hybridized carbons (Fsp3) is 0.125. The zero-order valence-corrected chi connectivity index (χ0v) is 17.6. The molecule has 0 saturated carbocycles. The van der Waals surface area contributed by atoms with Gasteiger partial charge in [0, 0.05) is 42.3 Å². The molecule has 0 bridgehead atoms. The third-order valence-corrected chi connectivity index (χ3v) is 5.50. The molecule has 5 rings (SSSR count). The van der Waals surface area contributed by atoms with Crippen molar-refractivity contribution >= 4 is 33.7 Å². The van der Waals surface area contributed by atoms with Gasteiger partial charge in [0.25, 0.3) is 11.5 Å². The average Bonchev–Trinajstić information content (AvgIpc) is 3.14. The largest absolute Gasteiger partial charge is 0.339 e. The second-order valence-corrected chi connectivity index (χ2v) is 7.30. The van der Waals surface area contributed by atoms with Crippen LogP contribution in [0.25, 0.3) is 27.5 Å². The van der Waals surface area contributed by atoms with Crippen molar-refractivity contribution in [2.75, 3.05) is 11.4 Å². The molecule has 3 aromatic heterocycles.